The first kappa shape index (κ1) is 23.0. The van der Waals surface area contributed by atoms with Crippen molar-refractivity contribution in [3.8, 4) is 12.1 Å². The van der Waals surface area contributed by atoms with E-state index in [0.29, 0.717) is 11.1 Å². The monoisotopic (exact) mass is 451 g/mol. The van der Waals surface area contributed by atoms with Crippen LogP contribution in [-0.2, 0) is 0 Å². The van der Waals surface area contributed by atoms with Gasteiger partial charge in [0.15, 0.2) is 11.6 Å². The van der Waals surface area contributed by atoms with Gasteiger partial charge in [0.25, 0.3) is 0 Å². The van der Waals surface area contributed by atoms with Gasteiger partial charge in [-0.1, -0.05) is 48.5 Å². The van der Waals surface area contributed by atoms with Crippen LogP contribution < -0.4 is 5.32 Å². The van der Waals surface area contributed by atoms with Gasteiger partial charge in [-0.05, 0) is 36.2 Å². The molecule has 1 N–H and O–H groups in total. The molecule has 5 nitrogen and oxygen atoms in total. The highest BCUT2D eigenvalue weighted by molar-refractivity contribution is 6.04. The van der Waals surface area contributed by atoms with E-state index in [0.717, 1.165) is 0 Å². The fraction of sp³-hybridized carbons (Fsp3) is 0.214. The lowest BCUT2D eigenvalue weighted by atomic mass is 9.68. The predicted molar refractivity (Wildman–Crippen MR) is 125 cm³/mol. The van der Waals surface area contributed by atoms with E-state index in [1.165, 1.54) is 6.07 Å². The minimum absolute atomic E-state index is 0.255. The van der Waals surface area contributed by atoms with Crippen LogP contribution >= 0.6 is 0 Å². The van der Waals surface area contributed by atoms with Gasteiger partial charge in [-0.15, -0.1) is 0 Å². The number of hydrogen-bond donors (Lipinski definition) is 1. The molecular weight excluding hydrogens is 429 g/mol. The molecule has 4 rings (SSSR count). The zero-order valence-electron chi connectivity index (χ0n) is 18.6. The number of carbonyl (C=O) groups is 2. The number of rotatable bonds is 5. The average Bonchev–Trinajstić information content (AvgIpc) is 2.89. The molecule has 34 heavy (non-hydrogen) atoms. The minimum atomic E-state index is -0.702. The Labute approximate surface area is 197 Å². The topological polar surface area (TPSA) is 93.8 Å². The highest BCUT2D eigenvalue weighted by Crippen LogP contribution is 2.40. The van der Waals surface area contributed by atoms with E-state index in [4.69, 9.17) is 0 Å². The first-order valence-electron chi connectivity index (χ1n) is 11.0. The normalized spacial score (nSPS) is 19.6. The molecule has 3 aromatic rings. The first-order chi connectivity index (χ1) is 16.5. The molecule has 3 atom stereocenters. The van der Waals surface area contributed by atoms with Gasteiger partial charge in [-0.2, -0.15) is 10.5 Å². The Kier molecular flexibility index (Phi) is 6.63. The summed E-state index contributed by atoms with van der Waals surface area (Å²) in [7, 11) is 0. The molecule has 6 heteroatoms. The van der Waals surface area contributed by atoms with E-state index in [-0.39, 0.29) is 46.9 Å². The van der Waals surface area contributed by atoms with Crippen molar-refractivity contribution in [3.63, 3.8) is 0 Å². The summed E-state index contributed by atoms with van der Waals surface area (Å²) >= 11 is 0. The van der Waals surface area contributed by atoms with Gasteiger partial charge in [-0.25, -0.2) is 4.39 Å². The standard InChI is InChI=1S/C28H22FN3O2/c1-17-20(11-6-12-25(17)29)26-23(27(33)21-9-4-2-7-18(21)13-30)15-32-16-24(26)28(34)22-10-5-3-8-19(22)14-31/h2-12,23-24,26,32H,15-16H2,1H3/t23-,24+,26?. The maximum absolute atomic E-state index is 14.6. The number of benzene rings is 3. The lowest BCUT2D eigenvalue weighted by Crippen LogP contribution is -2.48. The van der Waals surface area contributed by atoms with Crippen LogP contribution in [0.1, 0.15) is 48.9 Å². The number of hydrogen-bond acceptors (Lipinski definition) is 5. The van der Waals surface area contributed by atoms with Gasteiger partial charge in [0.1, 0.15) is 5.82 Å². The van der Waals surface area contributed by atoms with Crippen molar-refractivity contribution in [1.82, 2.24) is 5.32 Å². The van der Waals surface area contributed by atoms with Crippen LogP contribution in [-0.4, -0.2) is 24.7 Å². The van der Waals surface area contributed by atoms with Crippen molar-refractivity contribution in [2.75, 3.05) is 13.1 Å². The molecule has 0 bridgehead atoms. The van der Waals surface area contributed by atoms with Gasteiger partial charge < -0.3 is 5.32 Å². The van der Waals surface area contributed by atoms with Gasteiger partial charge >= 0.3 is 0 Å². The largest absolute Gasteiger partial charge is 0.315 e. The number of carbonyl (C=O) groups excluding carboxylic acids is 2. The molecule has 1 aliphatic rings. The van der Waals surface area contributed by atoms with Crippen LogP contribution in [0.5, 0.6) is 0 Å². The summed E-state index contributed by atoms with van der Waals surface area (Å²) in [5.74, 6) is -2.99. The van der Waals surface area contributed by atoms with Crippen LogP contribution in [0.3, 0.4) is 0 Å². The lowest BCUT2D eigenvalue weighted by molar-refractivity contribution is 0.0767. The molecule has 0 radical (unpaired) electrons. The van der Waals surface area contributed by atoms with Crippen molar-refractivity contribution in [2.24, 2.45) is 11.8 Å². The molecule has 0 saturated carbocycles. The Morgan fingerprint density at radius 3 is 1.82 bits per heavy atom. The first-order valence-corrected chi connectivity index (χ1v) is 11.0. The quantitative estimate of drug-likeness (QED) is 0.574. The predicted octanol–water partition coefficient (Wildman–Crippen LogP) is 4.56. The second-order valence-corrected chi connectivity index (χ2v) is 8.39. The molecule has 1 unspecified atom stereocenters. The zero-order valence-corrected chi connectivity index (χ0v) is 18.6. The highest BCUT2D eigenvalue weighted by atomic mass is 19.1. The van der Waals surface area contributed by atoms with Crippen molar-refractivity contribution in [3.05, 3.63) is 106 Å². The van der Waals surface area contributed by atoms with Crippen LogP contribution in [0.15, 0.2) is 66.7 Å². The Morgan fingerprint density at radius 2 is 1.32 bits per heavy atom. The Morgan fingerprint density at radius 1 is 0.824 bits per heavy atom. The minimum Gasteiger partial charge on any atom is -0.315 e. The summed E-state index contributed by atoms with van der Waals surface area (Å²) < 4.78 is 14.6. The van der Waals surface area contributed by atoms with Gasteiger partial charge in [0, 0.05) is 42.0 Å². The van der Waals surface area contributed by atoms with Crippen molar-refractivity contribution in [2.45, 2.75) is 12.8 Å². The summed E-state index contributed by atoms with van der Waals surface area (Å²) in [4.78, 5) is 27.5. The molecule has 0 aliphatic carbocycles. The molecule has 1 aliphatic heterocycles. The SMILES string of the molecule is Cc1c(F)cccc1C1[C@@H](C(=O)c2ccccc2C#N)CNC[C@H]1C(=O)c1ccccc1C#N. The molecule has 0 aromatic heterocycles. The molecule has 1 heterocycles. The van der Waals surface area contributed by atoms with E-state index in [9.17, 15) is 24.5 Å². The Balaban J connectivity index is 1.86. The number of ketones is 2. The molecule has 0 spiro atoms. The smallest absolute Gasteiger partial charge is 0.169 e. The number of nitrogens with one attached hydrogen (secondary N) is 1. The number of piperidine rings is 1. The lowest BCUT2D eigenvalue weighted by Gasteiger charge is -2.38. The van der Waals surface area contributed by atoms with Gasteiger partial charge in [0.05, 0.1) is 23.3 Å². The fourth-order valence-electron chi connectivity index (χ4n) is 4.85. The maximum Gasteiger partial charge on any atom is 0.169 e. The molecule has 1 saturated heterocycles. The molecule has 168 valence electrons. The fourth-order valence-corrected chi connectivity index (χ4v) is 4.85. The number of nitrogens with zero attached hydrogens (tertiary/aromatic N) is 2. The van der Waals surface area contributed by atoms with Crippen molar-refractivity contribution >= 4 is 11.6 Å². The van der Waals surface area contributed by atoms with E-state index in [1.54, 1.807) is 67.6 Å². The third kappa shape index (κ3) is 4.12. The van der Waals surface area contributed by atoms with Crippen LogP contribution in [0.4, 0.5) is 4.39 Å². The van der Waals surface area contributed by atoms with Crippen LogP contribution in [0.2, 0.25) is 0 Å². The van der Waals surface area contributed by atoms with Crippen molar-refractivity contribution < 1.29 is 14.0 Å². The molecule has 0 amide bonds. The number of halogens is 1. The van der Waals surface area contributed by atoms with Crippen molar-refractivity contribution in [1.29, 1.82) is 10.5 Å². The second kappa shape index (κ2) is 9.79. The Hall–Kier alpha value is -4.13. The van der Waals surface area contributed by atoms with E-state index < -0.39 is 23.6 Å². The molecule has 3 aromatic carbocycles. The summed E-state index contributed by atoms with van der Waals surface area (Å²) in [5.41, 5.74) is 2.04. The van der Waals surface area contributed by atoms with Crippen LogP contribution in [0.25, 0.3) is 0 Å². The zero-order chi connectivity index (χ0) is 24.2. The van der Waals surface area contributed by atoms with Crippen LogP contribution in [0, 0.1) is 47.2 Å². The molecular formula is C28H22FN3O2. The maximum atomic E-state index is 14.6. The summed E-state index contributed by atoms with van der Waals surface area (Å²) in [6, 6.07) is 21.9. The second-order valence-electron chi connectivity index (χ2n) is 8.39. The average molecular weight is 452 g/mol. The summed E-state index contributed by atoms with van der Waals surface area (Å²) in [5, 5.41) is 22.2. The third-order valence-corrected chi connectivity index (χ3v) is 6.56. The third-order valence-electron chi connectivity index (χ3n) is 6.56. The Bertz CT molecular complexity index is 1270. The number of Topliss-reactive ketones (excluding diaryl/α,β-unsaturated/α-hetero) is 2. The van der Waals surface area contributed by atoms with Gasteiger partial charge in [-0.3, -0.25) is 9.59 Å². The van der Waals surface area contributed by atoms with E-state index >= 15 is 0 Å². The number of nitriles is 2. The summed E-state index contributed by atoms with van der Waals surface area (Å²) in [6.45, 7) is 2.20. The molecule has 1 fully saturated rings. The summed E-state index contributed by atoms with van der Waals surface area (Å²) in [6.07, 6.45) is 0. The highest BCUT2D eigenvalue weighted by Gasteiger charge is 2.43. The van der Waals surface area contributed by atoms with E-state index in [1.807, 2.05) is 0 Å². The van der Waals surface area contributed by atoms with Gasteiger partial charge in [0.2, 0.25) is 0 Å². The van der Waals surface area contributed by atoms with E-state index in [2.05, 4.69) is 17.5 Å².